The van der Waals surface area contributed by atoms with Gasteiger partial charge in [0.1, 0.15) is 5.69 Å². The van der Waals surface area contributed by atoms with E-state index in [2.05, 4.69) is 15.5 Å². The summed E-state index contributed by atoms with van der Waals surface area (Å²) in [6.45, 7) is 4.40. The highest BCUT2D eigenvalue weighted by Crippen LogP contribution is 2.31. The van der Waals surface area contributed by atoms with E-state index >= 15 is 0 Å². The Labute approximate surface area is 206 Å². The van der Waals surface area contributed by atoms with Crippen LogP contribution in [0, 0.1) is 0 Å². The fourth-order valence-corrected chi connectivity index (χ4v) is 5.57. The average Bonchev–Trinajstić information content (AvgIpc) is 3.17. The number of carbonyl (C=O) groups is 3. The van der Waals surface area contributed by atoms with E-state index in [1.165, 1.54) is 31.1 Å². The van der Waals surface area contributed by atoms with Crippen molar-refractivity contribution in [2.45, 2.75) is 63.8 Å². The summed E-state index contributed by atoms with van der Waals surface area (Å²) in [6.07, 6.45) is 1.83. The van der Waals surface area contributed by atoms with E-state index in [9.17, 15) is 32.5 Å². The number of hydrogen-bond donors (Lipinski definition) is 4. The number of nitrogen functional groups attached to an aromatic ring is 1. The fraction of sp³-hybridized carbons (Fsp3) is 0.632. The summed E-state index contributed by atoms with van der Waals surface area (Å²) in [5, 5.41) is 17.2. The number of aliphatic carboxylic acids is 1. The van der Waals surface area contributed by atoms with Gasteiger partial charge >= 0.3 is 16.3 Å². The highest BCUT2D eigenvalue weighted by molar-refractivity contribution is 7.83. The molecule has 3 rings (SSSR count). The third-order valence-electron chi connectivity index (χ3n) is 5.92. The average molecular weight is 533 g/mol. The van der Waals surface area contributed by atoms with Crippen molar-refractivity contribution in [2.24, 2.45) is 5.16 Å². The normalized spacial score (nSPS) is 24.1. The predicted octanol–water partition coefficient (Wildman–Crippen LogP) is -0.318. The van der Waals surface area contributed by atoms with Crippen LogP contribution in [-0.2, 0) is 29.5 Å². The maximum absolute atomic E-state index is 13.2. The molecule has 0 aliphatic carbocycles. The van der Waals surface area contributed by atoms with Gasteiger partial charge in [-0.05, 0) is 33.6 Å². The van der Waals surface area contributed by atoms with Crippen molar-refractivity contribution in [1.82, 2.24) is 19.5 Å². The topological polar surface area (TPSA) is 205 Å². The zero-order valence-electron chi connectivity index (χ0n) is 19.4. The number of oxime groups is 1. The second-order valence-corrected chi connectivity index (χ2v) is 11.0. The van der Waals surface area contributed by atoms with Crippen LogP contribution < -0.4 is 11.1 Å². The highest BCUT2D eigenvalue weighted by atomic mass is 32.2. The van der Waals surface area contributed by atoms with Crippen LogP contribution in [0.25, 0.3) is 0 Å². The number of nitrogens with one attached hydrogen (secondary N) is 1. The highest BCUT2D eigenvalue weighted by Gasteiger charge is 2.53. The van der Waals surface area contributed by atoms with Gasteiger partial charge in [0, 0.05) is 30.9 Å². The molecule has 2 aliphatic heterocycles. The largest absolute Gasteiger partial charge is 0.478 e. The lowest BCUT2D eigenvalue weighted by atomic mass is 9.89. The van der Waals surface area contributed by atoms with Crippen molar-refractivity contribution in [3.05, 3.63) is 11.1 Å². The molecule has 3 atom stereocenters. The number of anilines is 1. The van der Waals surface area contributed by atoms with Gasteiger partial charge in [0.15, 0.2) is 10.8 Å². The zero-order valence-corrected chi connectivity index (χ0v) is 21.0. The number of thiazole rings is 1. The van der Waals surface area contributed by atoms with Crippen LogP contribution in [0.2, 0.25) is 0 Å². The number of carbonyl (C=O) groups excluding carboxylic acids is 2. The molecule has 0 spiro atoms. The van der Waals surface area contributed by atoms with E-state index in [0.29, 0.717) is 13.0 Å². The van der Waals surface area contributed by atoms with Crippen LogP contribution in [-0.4, -0.2) is 92.6 Å². The first kappa shape index (κ1) is 26.8. The molecule has 0 bridgehead atoms. The summed E-state index contributed by atoms with van der Waals surface area (Å²) in [5.74, 6) is -2.28. The number of nitrogens with two attached hydrogens (primary N) is 1. The Balaban J connectivity index is 1.86. The van der Waals surface area contributed by atoms with Crippen molar-refractivity contribution in [3.63, 3.8) is 0 Å². The first-order valence-electron chi connectivity index (χ1n) is 10.8. The van der Waals surface area contributed by atoms with Crippen molar-refractivity contribution < 1.29 is 37.3 Å². The van der Waals surface area contributed by atoms with Crippen LogP contribution in [0.4, 0.5) is 5.13 Å². The summed E-state index contributed by atoms with van der Waals surface area (Å²) in [6, 6.07) is -2.56. The Bertz CT molecular complexity index is 1130. The smallest absolute Gasteiger partial charge is 0.350 e. The predicted molar refractivity (Wildman–Crippen MR) is 125 cm³/mol. The van der Waals surface area contributed by atoms with Crippen LogP contribution in [0.5, 0.6) is 0 Å². The van der Waals surface area contributed by atoms with E-state index in [0.717, 1.165) is 28.5 Å². The first-order chi connectivity index (χ1) is 16.2. The first-order valence-corrected chi connectivity index (χ1v) is 13.1. The molecule has 0 radical (unpaired) electrons. The Morgan fingerprint density at radius 3 is 2.63 bits per heavy atom. The number of carboxylic acids is 1. The second-order valence-electron chi connectivity index (χ2n) is 8.83. The molecule has 2 fully saturated rings. The molecule has 16 heteroatoms. The molecule has 194 valence electrons. The third kappa shape index (κ3) is 5.88. The standard InChI is InChI=1S/C19H28N6O8S2/c1-10-14(12(25(10)35(30,31)32)8-24-7-5-4-6-13(24)26)22-16(27)15(11-9-34-18(20)21-11)23-33-19(2,3)17(28)29/h9-10,12,14H,4-8H2,1-3H3,(H2,20,21)(H,22,27)(H,28,29)(H,30,31,32)/b23-15-/t10?,12-,14-/m1/s1. The molecular formula is C19H28N6O8S2. The van der Waals surface area contributed by atoms with Gasteiger partial charge in [-0.3, -0.25) is 14.1 Å². The lowest BCUT2D eigenvalue weighted by Gasteiger charge is -2.52. The lowest BCUT2D eigenvalue weighted by Crippen LogP contribution is -2.76. The van der Waals surface area contributed by atoms with Crippen molar-refractivity contribution in [3.8, 4) is 0 Å². The molecule has 2 saturated heterocycles. The van der Waals surface area contributed by atoms with E-state index in [4.69, 9.17) is 10.6 Å². The molecule has 0 saturated carbocycles. The zero-order chi connectivity index (χ0) is 26.1. The minimum absolute atomic E-state index is 0.0212. The number of piperidine rings is 1. The van der Waals surface area contributed by atoms with Gasteiger partial charge in [-0.2, -0.15) is 12.7 Å². The van der Waals surface area contributed by atoms with Crippen LogP contribution >= 0.6 is 11.3 Å². The van der Waals surface area contributed by atoms with Gasteiger partial charge < -0.3 is 25.9 Å². The number of carboxylic acid groups (broad SMARTS) is 1. The summed E-state index contributed by atoms with van der Waals surface area (Å²) < 4.78 is 34.5. The van der Waals surface area contributed by atoms with E-state index in [1.54, 1.807) is 0 Å². The fourth-order valence-electron chi connectivity index (χ4n) is 3.93. The van der Waals surface area contributed by atoms with Crippen molar-refractivity contribution in [2.75, 3.05) is 18.8 Å². The summed E-state index contributed by atoms with van der Waals surface area (Å²) in [4.78, 5) is 47.4. The molecule has 14 nitrogen and oxygen atoms in total. The number of amides is 2. The van der Waals surface area contributed by atoms with Crippen LogP contribution in [0.1, 0.15) is 45.7 Å². The molecule has 1 aromatic heterocycles. The molecule has 1 aromatic rings. The maximum atomic E-state index is 13.2. The quantitative estimate of drug-likeness (QED) is 0.185. The minimum atomic E-state index is -4.61. The number of likely N-dealkylation sites (tertiary alicyclic amines) is 1. The Hall–Kier alpha value is -2.82. The van der Waals surface area contributed by atoms with E-state index in [1.807, 2.05) is 0 Å². The van der Waals surface area contributed by atoms with Gasteiger partial charge in [-0.15, -0.1) is 11.3 Å². The van der Waals surface area contributed by atoms with Crippen molar-refractivity contribution in [1.29, 1.82) is 0 Å². The number of aromatic nitrogens is 1. The van der Waals surface area contributed by atoms with Gasteiger partial charge in [0.2, 0.25) is 11.5 Å². The molecule has 0 aromatic carbocycles. The van der Waals surface area contributed by atoms with Gasteiger partial charge in [-0.25, -0.2) is 9.78 Å². The molecule has 2 amide bonds. The molecule has 35 heavy (non-hydrogen) atoms. The SMILES string of the molecule is CC1[C@@H](NC(=O)/C(=N\OC(C)(C)C(=O)O)c2csc(N)n2)[C@@H](CN2CCCCC2=O)N1S(=O)(=O)O. The number of hydrogen-bond acceptors (Lipinski definition) is 10. The van der Waals surface area contributed by atoms with E-state index < -0.39 is 45.9 Å². The number of nitrogens with zero attached hydrogens (tertiary/aromatic N) is 4. The minimum Gasteiger partial charge on any atom is -0.478 e. The van der Waals surface area contributed by atoms with Crippen molar-refractivity contribution >= 4 is 50.3 Å². The Morgan fingerprint density at radius 2 is 2.09 bits per heavy atom. The monoisotopic (exact) mass is 532 g/mol. The molecular weight excluding hydrogens is 504 g/mol. The van der Waals surface area contributed by atoms with E-state index in [-0.39, 0.29) is 29.0 Å². The Morgan fingerprint density at radius 1 is 1.40 bits per heavy atom. The number of rotatable bonds is 9. The second kappa shape index (κ2) is 10.0. The molecule has 5 N–H and O–H groups in total. The summed E-state index contributed by atoms with van der Waals surface area (Å²) in [7, 11) is -4.61. The maximum Gasteiger partial charge on any atom is 0.350 e. The van der Waals surface area contributed by atoms with Gasteiger partial charge in [0.05, 0.1) is 12.1 Å². The lowest BCUT2D eigenvalue weighted by molar-refractivity contribution is -0.161. The molecule has 1 unspecified atom stereocenters. The van der Waals surface area contributed by atoms with Gasteiger partial charge in [0.25, 0.3) is 5.91 Å². The summed E-state index contributed by atoms with van der Waals surface area (Å²) >= 11 is 1.03. The van der Waals surface area contributed by atoms with Gasteiger partial charge in [-0.1, -0.05) is 5.16 Å². The van der Waals surface area contributed by atoms with Crippen LogP contribution in [0.15, 0.2) is 10.5 Å². The molecule has 2 aliphatic rings. The summed E-state index contributed by atoms with van der Waals surface area (Å²) in [5.41, 5.74) is 3.58. The Kier molecular flexibility index (Phi) is 7.68. The molecule has 3 heterocycles. The van der Waals surface area contributed by atoms with Crippen LogP contribution in [0.3, 0.4) is 0 Å². The third-order valence-corrected chi connectivity index (χ3v) is 7.73.